The third-order valence-electron chi connectivity index (χ3n) is 3.39. The van der Waals surface area contributed by atoms with Crippen LogP contribution in [0.5, 0.6) is 0 Å². The van der Waals surface area contributed by atoms with Gasteiger partial charge in [0, 0.05) is 18.7 Å². The van der Waals surface area contributed by atoms with Gasteiger partial charge in [0.25, 0.3) is 5.92 Å². The van der Waals surface area contributed by atoms with Crippen LogP contribution in [0.1, 0.15) is 28.9 Å². The predicted octanol–water partition coefficient (Wildman–Crippen LogP) is 4.21. The number of aromatic nitrogens is 2. The minimum absolute atomic E-state index is 0.0965. The largest absolute Gasteiger partial charge is 0.454 e. The quantitative estimate of drug-likeness (QED) is 0.649. The maximum atomic E-state index is 13.2. The summed E-state index contributed by atoms with van der Waals surface area (Å²) in [5, 5.41) is 0. The number of benzene rings is 1. The molecule has 0 amide bonds. The Kier molecular flexibility index (Phi) is 4.56. The summed E-state index contributed by atoms with van der Waals surface area (Å²) in [6, 6.07) is 11.8. The third-order valence-corrected chi connectivity index (χ3v) is 3.39. The molecule has 0 saturated heterocycles. The van der Waals surface area contributed by atoms with Gasteiger partial charge in [0.1, 0.15) is 12.3 Å². The van der Waals surface area contributed by atoms with Crippen LogP contribution in [0.15, 0.2) is 59.3 Å². The molecule has 2 heterocycles. The fourth-order valence-corrected chi connectivity index (χ4v) is 2.09. The van der Waals surface area contributed by atoms with Crippen LogP contribution in [0.25, 0.3) is 11.3 Å². The molecule has 25 heavy (non-hydrogen) atoms. The monoisotopic (exact) mass is 344 g/mol. The van der Waals surface area contributed by atoms with Crippen LogP contribution in [0.2, 0.25) is 0 Å². The summed E-state index contributed by atoms with van der Waals surface area (Å²) >= 11 is 0. The molecule has 0 N–H and O–H groups in total. The van der Waals surface area contributed by atoms with Gasteiger partial charge in [-0.2, -0.15) is 8.78 Å². The molecule has 5 nitrogen and oxygen atoms in total. The van der Waals surface area contributed by atoms with Crippen molar-refractivity contribution in [3.63, 3.8) is 0 Å². The number of hydrogen-bond acceptors (Lipinski definition) is 5. The van der Waals surface area contributed by atoms with Crippen LogP contribution in [0.3, 0.4) is 0 Å². The van der Waals surface area contributed by atoms with Crippen LogP contribution < -0.4 is 0 Å². The molecule has 0 bridgehead atoms. The summed E-state index contributed by atoms with van der Waals surface area (Å²) in [7, 11) is 0. The molecule has 7 heteroatoms. The van der Waals surface area contributed by atoms with E-state index in [1.165, 1.54) is 24.5 Å². The maximum absolute atomic E-state index is 13.2. The molecule has 1 aromatic carbocycles. The second kappa shape index (κ2) is 6.80. The zero-order valence-corrected chi connectivity index (χ0v) is 13.3. The van der Waals surface area contributed by atoms with E-state index in [-0.39, 0.29) is 24.0 Å². The van der Waals surface area contributed by atoms with Gasteiger partial charge in [-0.1, -0.05) is 30.3 Å². The van der Waals surface area contributed by atoms with Gasteiger partial charge in [-0.25, -0.2) is 9.78 Å². The Bertz CT molecular complexity index is 856. The van der Waals surface area contributed by atoms with Crippen molar-refractivity contribution in [2.24, 2.45) is 0 Å². The van der Waals surface area contributed by atoms with E-state index >= 15 is 0 Å². The number of pyridine rings is 1. The lowest BCUT2D eigenvalue weighted by atomic mass is 10.2. The fourth-order valence-electron chi connectivity index (χ4n) is 2.09. The Hall–Kier alpha value is -3.09. The van der Waals surface area contributed by atoms with Crippen LogP contribution in [-0.4, -0.2) is 15.9 Å². The van der Waals surface area contributed by atoms with E-state index in [0.717, 1.165) is 12.5 Å². The van der Waals surface area contributed by atoms with Crippen LogP contribution >= 0.6 is 0 Å². The topological polar surface area (TPSA) is 65.2 Å². The number of esters is 1. The van der Waals surface area contributed by atoms with Crippen molar-refractivity contribution in [3.05, 3.63) is 72.0 Å². The Labute approximate surface area is 142 Å². The molecular weight excluding hydrogens is 330 g/mol. The number of halogens is 2. The third kappa shape index (κ3) is 4.06. The van der Waals surface area contributed by atoms with E-state index in [1.807, 2.05) is 30.3 Å². The van der Waals surface area contributed by atoms with Gasteiger partial charge in [0.15, 0.2) is 5.76 Å². The Morgan fingerprint density at radius 2 is 1.88 bits per heavy atom. The zero-order chi connectivity index (χ0) is 17.9. The van der Waals surface area contributed by atoms with Gasteiger partial charge in [-0.15, -0.1) is 0 Å². The minimum Gasteiger partial charge on any atom is -0.454 e. The second-order valence-electron chi connectivity index (χ2n) is 5.41. The molecule has 3 rings (SSSR count). The molecule has 0 atom stereocenters. The average Bonchev–Trinajstić information content (AvgIpc) is 3.10. The molecule has 0 radical (unpaired) electrons. The second-order valence-corrected chi connectivity index (χ2v) is 5.41. The number of hydrogen-bond donors (Lipinski definition) is 0. The predicted molar refractivity (Wildman–Crippen MR) is 84.9 cm³/mol. The molecule has 128 valence electrons. The van der Waals surface area contributed by atoms with Gasteiger partial charge in [0.2, 0.25) is 0 Å². The first-order chi connectivity index (χ1) is 11.9. The van der Waals surface area contributed by atoms with Crippen molar-refractivity contribution >= 4 is 5.97 Å². The number of oxazole rings is 1. The summed E-state index contributed by atoms with van der Waals surface area (Å²) in [5.41, 5.74) is 0.920. The lowest BCUT2D eigenvalue weighted by Crippen LogP contribution is -2.09. The van der Waals surface area contributed by atoms with Crippen molar-refractivity contribution < 1.29 is 22.7 Å². The van der Waals surface area contributed by atoms with E-state index in [2.05, 4.69) is 9.97 Å². The van der Waals surface area contributed by atoms with Crippen molar-refractivity contribution in [2.75, 3.05) is 0 Å². The number of ether oxygens (including phenoxy) is 1. The first kappa shape index (κ1) is 16.8. The summed E-state index contributed by atoms with van der Waals surface area (Å²) in [4.78, 5) is 19.5. The lowest BCUT2D eigenvalue weighted by molar-refractivity contribution is 0.0128. The molecule has 0 fully saturated rings. The molecule has 0 unspecified atom stereocenters. The van der Waals surface area contributed by atoms with Gasteiger partial charge in [-0.05, 0) is 17.7 Å². The highest BCUT2D eigenvalue weighted by atomic mass is 19.3. The number of carbonyl (C=O) groups is 1. The highest BCUT2D eigenvalue weighted by Gasteiger charge is 2.26. The molecule has 0 aliphatic heterocycles. The Balaban J connectivity index is 1.68. The zero-order valence-electron chi connectivity index (χ0n) is 13.3. The molecule has 0 aliphatic carbocycles. The summed E-state index contributed by atoms with van der Waals surface area (Å²) in [6.45, 7) is 0.865. The number of alkyl halides is 2. The molecule has 3 aromatic rings. The van der Waals surface area contributed by atoms with Crippen LogP contribution in [0, 0.1) is 0 Å². The van der Waals surface area contributed by atoms with Crippen molar-refractivity contribution in [2.45, 2.75) is 19.5 Å². The minimum atomic E-state index is -3.02. The molecule has 0 saturated carbocycles. The lowest BCUT2D eigenvalue weighted by Gasteiger charge is -2.08. The highest BCUT2D eigenvalue weighted by Crippen LogP contribution is 2.27. The Morgan fingerprint density at radius 3 is 2.52 bits per heavy atom. The SMILES string of the molecule is CC(F)(F)c1ccc(-c2cnc(C(=O)OCc3ccccc3)o2)cn1. The Morgan fingerprint density at radius 1 is 1.12 bits per heavy atom. The van der Waals surface area contributed by atoms with Gasteiger partial charge >= 0.3 is 11.9 Å². The van der Waals surface area contributed by atoms with E-state index in [0.29, 0.717) is 5.56 Å². The highest BCUT2D eigenvalue weighted by molar-refractivity contribution is 5.84. The summed E-state index contributed by atoms with van der Waals surface area (Å²) in [6.07, 6.45) is 2.56. The van der Waals surface area contributed by atoms with Gasteiger partial charge in [0.05, 0.1) is 6.20 Å². The first-order valence-electron chi connectivity index (χ1n) is 7.45. The standard InChI is InChI=1S/C18H14F2N2O3/c1-18(19,20)15-8-7-13(9-21-15)14-10-22-16(25-14)17(23)24-11-12-5-3-2-4-6-12/h2-10H,11H2,1H3. The van der Waals surface area contributed by atoms with E-state index in [1.54, 1.807) is 0 Å². The van der Waals surface area contributed by atoms with Crippen molar-refractivity contribution in [1.82, 2.24) is 9.97 Å². The van der Waals surface area contributed by atoms with E-state index in [9.17, 15) is 13.6 Å². The molecule has 0 spiro atoms. The van der Waals surface area contributed by atoms with E-state index in [4.69, 9.17) is 9.15 Å². The maximum Gasteiger partial charge on any atom is 0.394 e. The fraction of sp³-hybridized carbons (Fsp3) is 0.167. The number of rotatable bonds is 5. The number of carbonyl (C=O) groups excluding carboxylic acids is 1. The first-order valence-corrected chi connectivity index (χ1v) is 7.45. The van der Waals surface area contributed by atoms with Gasteiger partial charge in [-0.3, -0.25) is 4.98 Å². The van der Waals surface area contributed by atoms with Gasteiger partial charge < -0.3 is 9.15 Å². The normalized spacial score (nSPS) is 11.3. The molecule has 0 aliphatic rings. The summed E-state index contributed by atoms with van der Waals surface area (Å²) in [5.74, 6) is -3.70. The average molecular weight is 344 g/mol. The summed E-state index contributed by atoms with van der Waals surface area (Å²) < 4.78 is 36.8. The molecule has 2 aromatic heterocycles. The van der Waals surface area contributed by atoms with Crippen LogP contribution in [0.4, 0.5) is 8.78 Å². The van der Waals surface area contributed by atoms with E-state index < -0.39 is 11.9 Å². The molecular formula is C18H14F2N2O3. The van der Waals surface area contributed by atoms with Crippen LogP contribution in [-0.2, 0) is 17.3 Å². The van der Waals surface area contributed by atoms with Crippen molar-refractivity contribution in [1.29, 1.82) is 0 Å². The number of nitrogens with zero attached hydrogens (tertiary/aromatic N) is 2. The smallest absolute Gasteiger partial charge is 0.394 e. The van der Waals surface area contributed by atoms with Crippen molar-refractivity contribution in [3.8, 4) is 11.3 Å².